The second-order valence-corrected chi connectivity index (χ2v) is 1.56. The lowest BCUT2D eigenvalue weighted by Crippen LogP contribution is -1.95. The Morgan fingerprint density at radius 3 is 1.00 bits per heavy atom. The highest BCUT2D eigenvalue weighted by Crippen LogP contribution is 1.61. The Labute approximate surface area is 63.6 Å². The van der Waals surface area contributed by atoms with Gasteiger partial charge in [-0.25, -0.2) is 0 Å². The van der Waals surface area contributed by atoms with Crippen LogP contribution < -0.4 is 17.6 Å². The molecule has 0 radical (unpaired) electrons. The zero-order valence-corrected chi connectivity index (χ0v) is 6.36. The molecule has 0 heterocycles. The first-order valence-corrected chi connectivity index (χ1v) is 2.33. The molecule has 0 saturated carbocycles. The van der Waals surface area contributed by atoms with E-state index in [4.69, 9.17) is 9.59 Å². The van der Waals surface area contributed by atoms with Crippen molar-refractivity contribution in [3.8, 4) is 0 Å². The van der Waals surface area contributed by atoms with Gasteiger partial charge in [0.25, 0.3) is 10.5 Å². The third-order valence-electron chi connectivity index (χ3n) is 0. The monoisotopic (exact) mass is 171 g/mol. The van der Waals surface area contributed by atoms with Crippen molar-refractivity contribution in [1.29, 1.82) is 0 Å². The number of thiol groups is 2. The third kappa shape index (κ3) is 1490. The van der Waals surface area contributed by atoms with Crippen molar-refractivity contribution in [1.82, 2.24) is 6.15 Å². The highest BCUT2D eigenvalue weighted by atomic mass is 32.1. The molecule has 0 spiro atoms. The van der Waals surface area contributed by atoms with Crippen LogP contribution in [-0.4, -0.2) is 10.5 Å². The highest BCUT2D eigenvalue weighted by molar-refractivity contribution is 7.96. The van der Waals surface area contributed by atoms with Gasteiger partial charge in [0.2, 0.25) is 0 Å². The number of primary amides is 2. The maximum atomic E-state index is 9.09. The molecule has 0 atom stereocenters. The van der Waals surface area contributed by atoms with Crippen molar-refractivity contribution < 1.29 is 9.59 Å². The van der Waals surface area contributed by atoms with E-state index in [0.717, 1.165) is 0 Å². The molecule has 9 heavy (non-hydrogen) atoms. The van der Waals surface area contributed by atoms with Gasteiger partial charge in [0.15, 0.2) is 0 Å². The zero-order chi connectivity index (χ0) is 7.15. The van der Waals surface area contributed by atoms with Crippen molar-refractivity contribution in [2.75, 3.05) is 0 Å². The lowest BCUT2D eigenvalue weighted by Gasteiger charge is -1.59. The summed E-state index contributed by atoms with van der Waals surface area (Å²) < 4.78 is 0. The standard InChI is InChI=1S/2CH3NOS.H3N/c2*2-1(3)4;/h2*(H3,2,3,4);1H3. The number of carbonyl (C=O) groups excluding carboxylic acids is 2. The summed E-state index contributed by atoms with van der Waals surface area (Å²) in [4.78, 5) is 18.2. The Balaban J connectivity index is -0.0000000720. The van der Waals surface area contributed by atoms with Crippen molar-refractivity contribution in [2.24, 2.45) is 11.5 Å². The molecule has 0 bridgehead atoms. The van der Waals surface area contributed by atoms with E-state index in [1.54, 1.807) is 0 Å². The maximum Gasteiger partial charge on any atom is 0.273 e. The molecular formula is C2H9N3O2S2. The summed E-state index contributed by atoms with van der Waals surface area (Å²) in [7, 11) is 0. The van der Waals surface area contributed by atoms with Crippen molar-refractivity contribution >= 4 is 35.7 Å². The molecule has 7 N–H and O–H groups in total. The van der Waals surface area contributed by atoms with E-state index in [0.29, 0.717) is 0 Å². The predicted octanol–water partition coefficient (Wildman–Crippen LogP) is 0.152. The Morgan fingerprint density at radius 1 is 1.00 bits per heavy atom. The average molecular weight is 171 g/mol. The first-order chi connectivity index (χ1) is 3.46. The smallest absolute Gasteiger partial charge is 0.273 e. The van der Waals surface area contributed by atoms with E-state index in [-0.39, 0.29) is 6.15 Å². The first-order valence-electron chi connectivity index (χ1n) is 1.43. The SMILES string of the molecule is N.NC(=O)S.NC(=O)S. The molecule has 7 heteroatoms. The lowest BCUT2D eigenvalue weighted by molar-refractivity contribution is 0.266. The van der Waals surface area contributed by atoms with Crippen LogP contribution in [0.2, 0.25) is 0 Å². The third-order valence-corrected chi connectivity index (χ3v) is 0. The molecule has 0 aromatic heterocycles. The number of carbonyl (C=O) groups is 2. The van der Waals surface area contributed by atoms with Crippen LogP contribution in [0.1, 0.15) is 0 Å². The summed E-state index contributed by atoms with van der Waals surface area (Å²) >= 11 is 6.21. The highest BCUT2D eigenvalue weighted by Gasteiger charge is 1.63. The van der Waals surface area contributed by atoms with Crippen LogP contribution in [-0.2, 0) is 0 Å². The average Bonchev–Trinajstić information content (AvgIpc) is 1.25. The summed E-state index contributed by atoms with van der Waals surface area (Å²) in [5, 5.41) is -1.28. The molecule has 5 nitrogen and oxygen atoms in total. The quantitative estimate of drug-likeness (QED) is 0.333. The topological polar surface area (TPSA) is 121 Å². The van der Waals surface area contributed by atoms with Crippen LogP contribution in [0.5, 0.6) is 0 Å². The van der Waals surface area contributed by atoms with Crippen LogP contribution >= 0.6 is 25.3 Å². The van der Waals surface area contributed by atoms with Gasteiger partial charge in [-0.2, -0.15) is 0 Å². The molecule has 0 aromatic carbocycles. The van der Waals surface area contributed by atoms with Crippen LogP contribution in [0.25, 0.3) is 0 Å². The Kier molecular flexibility index (Phi) is 18.6. The van der Waals surface area contributed by atoms with Gasteiger partial charge in [-0.3, -0.25) is 9.59 Å². The zero-order valence-electron chi connectivity index (χ0n) is 4.57. The largest absolute Gasteiger partial charge is 0.361 e. The molecule has 0 fully saturated rings. The van der Waals surface area contributed by atoms with Gasteiger partial charge in [0, 0.05) is 0 Å². The molecule has 0 saturated heterocycles. The van der Waals surface area contributed by atoms with Gasteiger partial charge >= 0.3 is 0 Å². The molecule has 0 unspecified atom stereocenters. The number of nitrogens with two attached hydrogens (primary N) is 2. The first kappa shape index (κ1) is 15.8. The van der Waals surface area contributed by atoms with Gasteiger partial charge in [-0.05, 0) is 0 Å². The Bertz CT molecular complexity index is 75.8. The number of hydrogen-bond donors (Lipinski definition) is 5. The van der Waals surface area contributed by atoms with Crippen LogP contribution in [0.3, 0.4) is 0 Å². The minimum absolute atomic E-state index is 0. The van der Waals surface area contributed by atoms with E-state index in [9.17, 15) is 0 Å². The van der Waals surface area contributed by atoms with Crippen molar-refractivity contribution in [3.05, 3.63) is 0 Å². The van der Waals surface area contributed by atoms with Crippen LogP contribution in [0.15, 0.2) is 0 Å². The van der Waals surface area contributed by atoms with Gasteiger partial charge in [0.05, 0.1) is 0 Å². The summed E-state index contributed by atoms with van der Waals surface area (Å²) in [6.45, 7) is 0. The van der Waals surface area contributed by atoms with Gasteiger partial charge < -0.3 is 17.6 Å². The summed E-state index contributed by atoms with van der Waals surface area (Å²) in [6.07, 6.45) is 0. The lowest BCUT2D eigenvalue weighted by atomic mass is 11.5. The maximum absolute atomic E-state index is 9.09. The normalized spacial score (nSPS) is 5.56. The summed E-state index contributed by atoms with van der Waals surface area (Å²) in [6, 6.07) is 0. The van der Waals surface area contributed by atoms with Gasteiger partial charge in [0.1, 0.15) is 0 Å². The predicted molar refractivity (Wildman–Crippen MR) is 42.2 cm³/mol. The molecule has 0 aliphatic heterocycles. The van der Waals surface area contributed by atoms with E-state index < -0.39 is 10.5 Å². The van der Waals surface area contributed by atoms with E-state index >= 15 is 0 Å². The fraction of sp³-hybridized carbons (Fsp3) is 0. The minimum Gasteiger partial charge on any atom is -0.361 e. The van der Waals surface area contributed by atoms with E-state index in [2.05, 4.69) is 36.7 Å². The fourth-order valence-electron chi connectivity index (χ4n) is 0. The number of amides is 2. The van der Waals surface area contributed by atoms with E-state index in [1.807, 2.05) is 0 Å². The van der Waals surface area contributed by atoms with Crippen LogP contribution in [0.4, 0.5) is 9.59 Å². The molecule has 56 valence electrons. The van der Waals surface area contributed by atoms with E-state index in [1.165, 1.54) is 0 Å². The summed E-state index contributed by atoms with van der Waals surface area (Å²) in [5.41, 5.74) is 8.67. The Hall–Kier alpha value is -0.400. The van der Waals surface area contributed by atoms with Crippen molar-refractivity contribution in [3.63, 3.8) is 0 Å². The summed E-state index contributed by atoms with van der Waals surface area (Å²) in [5.74, 6) is 0. The molecule has 0 aliphatic carbocycles. The minimum atomic E-state index is -0.639. The van der Waals surface area contributed by atoms with Gasteiger partial charge in [-0.15, -0.1) is 0 Å². The second-order valence-electron chi connectivity index (χ2n) is 0.676. The molecule has 2 amide bonds. The van der Waals surface area contributed by atoms with Crippen LogP contribution in [0, 0.1) is 0 Å². The number of hydrogen-bond acceptors (Lipinski definition) is 3. The molecule has 0 rings (SSSR count). The fourth-order valence-corrected chi connectivity index (χ4v) is 0. The Morgan fingerprint density at radius 2 is 1.00 bits per heavy atom. The van der Waals surface area contributed by atoms with Crippen molar-refractivity contribution in [2.45, 2.75) is 0 Å². The second kappa shape index (κ2) is 10.6. The molecular weight excluding hydrogens is 162 g/mol. The molecule has 0 aliphatic rings. The molecule has 0 aromatic rings. The number of rotatable bonds is 0. The van der Waals surface area contributed by atoms with Gasteiger partial charge in [-0.1, -0.05) is 25.3 Å².